The highest BCUT2D eigenvalue weighted by Gasteiger charge is 2.11. The van der Waals surface area contributed by atoms with Crippen molar-refractivity contribution < 1.29 is 4.79 Å². The van der Waals surface area contributed by atoms with E-state index >= 15 is 0 Å². The van der Waals surface area contributed by atoms with Gasteiger partial charge in [0.25, 0.3) is 0 Å². The van der Waals surface area contributed by atoms with Crippen LogP contribution in [0.15, 0.2) is 72.8 Å². The number of nitrogens with one attached hydrogen (secondary N) is 1. The normalized spacial score (nSPS) is 10.3. The number of hydrogen-bond donors (Lipinski definition) is 3. The Hall–Kier alpha value is -3.27. The van der Waals surface area contributed by atoms with Crippen molar-refractivity contribution in [1.29, 1.82) is 0 Å². The molecule has 4 heteroatoms. The molecule has 114 valence electrons. The molecule has 0 unspecified atom stereocenters. The van der Waals surface area contributed by atoms with E-state index in [-0.39, 0.29) is 5.78 Å². The average molecular weight is 303 g/mol. The zero-order valence-electron chi connectivity index (χ0n) is 12.5. The van der Waals surface area contributed by atoms with Gasteiger partial charge in [-0.05, 0) is 42.5 Å². The van der Waals surface area contributed by atoms with Crippen molar-refractivity contribution in [2.45, 2.75) is 0 Å². The van der Waals surface area contributed by atoms with Crippen molar-refractivity contribution in [3.05, 3.63) is 83.9 Å². The van der Waals surface area contributed by atoms with Gasteiger partial charge < -0.3 is 16.8 Å². The second kappa shape index (κ2) is 6.23. The van der Waals surface area contributed by atoms with Gasteiger partial charge in [-0.3, -0.25) is 4.79 Å². The van der Waals surface area contributed by atoms with Gasteiger partial charge >= 0.3 is 0 Å². The lowest BCUT2D eigenvalue weighted by Gasteiger charge is -2.11. The fourth-order valence-corrected chi connectivity index (χ4v) is 2.34. The molecule has 0 fully saturated rings. The molecule has 0 bridgehead atoms. The molecule has 0 aliphatic rings. The summed E-state index contributed by atoms with van der Waals surface area (Å²) in [5.41, 5.74) is 15.7. The number of nitrogen functional groups attached to an aromatic ring is 2. The maximum atomic E-state index is 12.5. The molecule has 0 atom stereocenters. The van der Waals surface area contributed by atoms with Gasteiger partial charge in [-0.1, -0.05) is 30.3 Å². The van der Waals surface area contributed by atoms with Gasteiger partial charge in [-0.25, -0.2) is 0 Å². The average Bonchev–Trinajstić information content (AvgIpc) is 2.57. The lowest BCUT2D eigenvalue weighted by molar-refractivity contribution is 0.103. The molecule has 3 rings (SSSR count). The Morgan fingerprint density at radius 2 is 1.52 bits per heavy atom. The van der Waals surface area contributed by atoms with E-state index in [1.54, 1.807) is 36.4 Å². The van der Waals surface area contributed by atoms with E-state index in [4.69, 9.17) is 11.5 Å². The fourth-order valence-electron chi connectivity index (χ4n) is 2.34. The van der Waals surface area contributed by atoms with Gasteiger partial charge in [0, 0.05) is 22.5 Å². The van der Waals surface area contributed by atoms with E-state index in [1.165, 1.54) is 0 Å². The standard InChI is InChI=1S/C19H17N3O/c20-15-6-4-5-13(11-15)19(23)14-9-10-18(17(21)12-14)22-16-7-2-1-3-8-16/h1-12,22H,20-21H2. The first kappa shape index (κ1) is 14.7. The molecule has 0 aliphatic heterocycles. The number of benzene rings is 3. The van der Waals surface area contributed by atoms with Gasteiger partial charge in [0.2, 0.25) is 0 Å². The number of nitrogens with two attached hydrogens (primary N) is 2. The number of rotatable bonds is 4. The summed E-state index contributed by atoms with van der Waals surface area (Å²) < 4.78 is 0. The predicted octanol–water partition coefficient (Wildman–Crippen LogP) is 3.83. The van der Waals surface area contributed by atoms with Crippen LogP contribution in [0.1, 0.15) is 15.9 Å². The number of carbonyl (C=O) groups is 1. The number of para-hydroxylation sites is 1. The third kappa shape index (κ3) is 3.32. The topological polar surface area (TPSA) is 81.1 Å². The number of ketones is 1. The lowest BCUT2D eigenvalue weighted by Crippen LogP contribution is -2.04. The van der Waals surface area contributed by atoms with Crippen LogP contribution < -0.4 is 16.8 Å². The van der Waals surface area contributed by atoms with Crippen molar-refractivity contribution in [2.75, 3.05) is 16.8 Å². The SMILES string of the molecule is Nc1cccc(C(=O)c2ccc(Nc3ccccc3)c(N)c2)c1. The third-order valence-electron chi connectivity index (χ3n) is 3.52. The zero-order chi connectivity index (χ0) is 16.2. The minimum atomic E-state index is -0.102. The molecule has 0 spiro atoms. The Kier molecular flexibility index (Phi) is 3.97. The molecule has 0 radical (unpaired) electrons. The van der Waals surface area contributed by atoms with Crippen LogP contribution in [0.3, 0.4) is 0 Å². The molecule has 4 nitrogen and oxygen atoms in total. The van der Waals surface area contributed by atoms with E-state index < -0.39 is 0 Å². The van der Waals surface area contributed by atoms with Crippen LogP contribution in [0, 0.1) is 0 Å². The van der Waals surface area contributed by atoms with Crippen molar-refractivity contribution >= 4 is 28.5 Å². The van der Waals surface area contributed by atoms with Gasteiger partial charge in [0.1, 0.15) is 0 Å². The van der Waals surface area contributed by atoms with Crippen molar-refractivity contribution in [1.82, 2.24) is 0 Å². The number of hydrogen-bond acceptors (Lipinski definition) is 4. The highest BCUT2D eigenvalue weighted by Crippen LogP contribution is 2.25. The molecule has 0 saturated heterocycles. The molecule has 0 heterocycles. The molecule has 0 aliphatic carbocycles. The maximum Gasteiger partial charge on any atom is 0.193 e. The molecular formula is C19H17N3O. The second-order valence-electron chi connectivity index (χ2n) is 5.25. The molecule has 23 heavy (non-hydrogen) atoms. The van der Waals surface area contributed by atoms with Gasteiger partial charge in [-0.15, -0.1) is 0 Å². The van der Waals surface area contributed by atoms with Crippen molar-refractivity contribution in [3.8, 4) is 0 Å². The Morgan fingerprint density at radius 3 is 2.22 bits per heavy atom. The Morgan fingerprint density at radius 1 is 0.783 bits per heavy atom. The zero-order valence-corrected chi connectivity index (χ0v) is 12.5. The van der Waals surface area contributed by atoms with Crippen molar-refractivity contribution in [3.63, 3.8) is 0 Å². The molecular weight excluding hydrogens is 286 g/mol. The molecule has 0 saturated carbocycles. The van der Waals surface area contributed by atoms with Gasteiger partial charge in [0.05, 0.1) is 11.4 Å². The molecule has 0 aromatic heterocycles. The summed E-state index contributed by atoms with van der Waals surface area (Å²) in [7, 11) is 0. The molecule has 5 N–H and O–H groups in total. The number of anilines is 4. The van der Waals surface area contributed by atoms with Crippen LogP contribution in [-0.2, 0) is 0 Å². The van der Waals surface area contributed by atoms with E-state index in [0.29, 0.717) is 22.5 Å². The summed E-state index contributed by atoms with van der Waals surface area (Å²) in [6.07, 6.45) is 0. The van der Waals surface area contributed by atoms with Crippen LogP contribution in [-0.4, -0.2) is 5.78 Å². The first-order valence-corrected chi connectivity index (χ1v) is 7.25. The Bertz CT molecular complexity index is 844. The van der Waals surface area contributed by atoms with Crippen LogP contribution >= 0.6 is 0 Å². The van der Waals surface area contributed by atoms with E-state index in [2.05, 4.69) is 5.32 Å². The van der Waals surface area contributed by atoms with Crippen LogP contribution in [0.4, 0.5) is 22.7 Å². The third-order valence-corrected chi connectivity index (χ3v) is 3.52. The van der Waals surface area contributed by atoms with Crippen LogP contribution in [0.25, 0.3) is 0 Å². The molecule has 3 aromatic rings. The first-order valence-electron chi connectivity index (χ1n) is 7.25. The van der Waals surface area contributed by atoms with Crippen LogP contribution in [0.2, 0.25) is 0 Å². The van der Waals surface area contributed by atoms with Gasteiger partial charge in [-0.2, -0.15) is 0 Å². The van der Waals surface area contributed by atoms with Crippen LogP contribution in [0.5, 0.6) is 0 Å². The quantitative estimate of drug-likeness (QED) is 0.505. The maximum absolute atomic E-state index is 12.5. The minimum absolute atomic E-state index is 0.102. The number of carbonyl (C=O) groups excluding carboxylic acids is 1. The van der Waals surface area contributed by atoms with E-state index in [9.17, 15) is 4.79 Å². The fraction of sp³-hybridized carbons (Fsp3) is 0. The lowest BCUT2D eigenvalue weighted by atomic mass is 10.0. The summed E-state index contributed by atoms with van der Waals surface area (Å²) in [6, 6.07) is 21.9. The minimum Gasteiger partial charge on any atom is -0.399 e. The summed E-state index contributed by atoms with van der Waals surface area (Å²) >= 11 is 0. The summed E-state index contributed by atoms with van der Waals surface area (Å²) in [4.78, 5) is 12.5. The second-order valence-corrected chi connectivity index (χ2v) is 5.25. The predicted molar refractivity (Wildman–Crippen MR) is 94.9 cm³/mol. The monoisotopic (exact) mass is 303 g/mol. The van der Waals surface area contributed by atoms with Gasteiger partial charge in [0.15, 0.2) is 5.78 Å². The highest BCUT2D eigenvalue weighted by molar-refractivity contribution is 6.10. The van der Waals surface area contributed by atoms with E-state index in [0.717, 1.165) is 11.4 Å². The van der Waals surface area contributed by atoms with E-state index in [1.807, 2.05) is 36.4 Å². The molecule has 3 aromatic carbocycles. The summed E-state index contributed by atoms with van der Waals surface area (Å²) in [5, 5.41) is 3.23. The summed E-state index contributed by atoms with van der Waals surface area (Å²) in [5.74, 6) is -0.102. The summed E-state index contributed by atoms with van der Waals surface area (Å²) in [6.45, 7) is 0. The molecule has 0 amide bonds. The van der Waals surface area contributed by atoms with Crippen molar-refractivity contribution in [2.24, 2.45) is 0 Å². The smallest absolute Gasteiger partial charge is 0.193 e. The highest BCUT2D eigenvalue weighted by atomic mass is 16.1. The Balaban J connectivity index is 1.86. The Labute approximate surface area is 134 Å². The first-order chi connectivity index (χ1) is 11.1. The largest absolute Gasteiger partial charge is 0.399 e.